The highest BCUT2D eigenvalue weighted by Gasteiger charge is 2.31. The van der Waals surface area contributed by atoms with E-state index in [4.69, 9.17) is 15.2 Å². The molecule has 116 valence electrons. The molecule has 1 aromatic rings. The van der Waals surface area contributed by atoms with E-state index in [1.165, 1.54) is 0 Å². The maximum atomic E-state index is 12.2. The molecule has 6 heteroatoms. The third-order valence-corrected chi connectivity index (χ3v) is 3.11. The van der Waals surface area contributed by atoms with Gasteiger partial charge in [-0.1, -0.05) is 6.92 Å². The third kappa shape index (κ3) is 5.07. The highest BCUT2D eigenvalue weighted by molar-refractivity contribution is 5.97. The molecule has 1 aromatic carbocycles. The first-order valence-corrected chi connectivity index (χ1v) is 6.88. The molecule has 0 bridgehead atoms. The van der Waals surface area contributed by atoms with E-state index in [0.717, 1.165) is 0 Å². The Labute approximate surface area is 124 Å². The molecule has 6 nitrogen and oxygen atoms in total. The molecule has 1 atom stereocenters. The van der Waals surface area contributed by atoms with Crippen LogP contribution in [-0.2, 0) is 14.3 Å². The molecule has 1 rings (SSSR count). The lowest BCUT2D eigenvalue weighted by Gasteiger charge is -2.26. The minimum absolute atomic E-state index is 0.177. The first kappa shape index (κ1) is 17.0. The molecule has 0 saturated heterocycles. The first-order valence-electron chi connectivity index (χ1n) is 6.88. The summed E-state index contributed by atoms with van der Waals surface area (Å²) in [6, 6.07) is 6.69. The number of carbonyl (C=O) groups is 2. The van der Waals surface area contributed by atoms with Crippen molar-refractivity contribution in [3.8, 4) is 5.75 Å². The third-order valence-electron chi connectivity index (χ3n) is 3.11. The highest BCUT2D eigenvalue weighted by atomic mass is 16.5. The van der Waals surface area contributed by atoms with E-state index in [9.17, 15) is 9.59 Å². The minimum atomic E-state index is -0.851. The summed E-state index contributed by atoms with van der Waals surface area (Å²) in [6.07, 6.45) is 0.576. The normalized spacial score (nSPS) is 13.3. The van der Waals surface area contributed by atoms with Crippen molar-refractivity contribution in [3.05, 3.63) is 24.3 Å². The zero-order valence-corrected chi connectivity index (χ0v) is 12.6. The van der Waals surface area contributed by atoms with Gasteiger partial charge in [-0.25, -0.2) is 0 Å². The number of carbonyl (C=O) groups excluding carboxylic acids is 2. The number of rotatable bonds is 8. The van der Waals surface area contributed by atoms with Gasteiger partial charge in [-0.15, -0.1) is 0 Å². The van der Waals surface area contributed by atoms with Gasteiger partial charge in [0.05, 0.1) is 0 Å². The Balaban J connectivity index is 2.66. The van der Waals surface area contributed by atoms with Crippen molar-refractivity contribution >= 4 is 17.5 Å². The fraction of sp³-hybridized carbons (Fsp3) is 0.467. The molecule has 0 aliphatic carbocycles. The van der Waals surface area contributed by atoms with Gasteiger partial charge < -0.3 is 20.5 Å². The molecule has 2 amide bonds. The van der Waals surface area contributed by atoms with E-state index in [0.29, 0.717) is 24.5 Å². The van der Waals surface area contributed by atoms with Gasteiger partial charge in [-0.2, -0.15) is 0 Å². The highest BCUT2D eigenvalue weighted by Crippen LogP contribution is 2.20. The number of benzene rings is 1. The predicted molar refractivity (Wildman–Crippen MR) is 80.1 cm³/mol. The Kier molecular flexibility index (Phi) is 6.17. The van der Waals surface area contributed by atoms with Crippen LogP contribution in [0.4, 0.5) is 5.69 Å². The van der Waals surface area contributed by atoms with Gasteiger partial charge in [0, 0.05) is 12.3 Å². The van der Waals surface area contributed by atoms with Crippen LogP contribution in [0.2, 0.25) is 0 Å². The molecule has 0 saturated carbocycles. The van der Waals surface area contributed by atoms with Crippen molar-refractivity contribution in [1.29, 1.82) is 0 Å². The van der Waals surface area contributed by atoms with Crippen molar-refractivity contribution in [2.75, 3.05) is 18.5 Å². The van der Waals surface area contributed by atoms with Crippen LogP contribution in [0.5, 0.6) is 5.75 Å². The summed E-state index contributed by atoms with van der Waals surface area (Å²) < 4.78 is 10.7. The SMILES string of the molecule is CCO[C@@](C)(CC)C(=O)Nc1ccc(OCC(N)=O)cc1. The number of nitrogens with one attached hydrogen (secondary N) is 1. The average Bonchev–Trinajstić information content (AvgIpc) is 2.46. The number of amides is 2. The monoisotopic (exact) mass is 294 g/mol. The smallest absolute Gasteiger partial charge is 0.256 e. The van der Waals surface area contributed by atoms with E-state index in [1.807, 2.05) is 13.8 Å². The summed E-state index contributed by atoms with van der Waals surface area (Å²) in [6.45, 7) is 5.81. The molecular weight excluding hydrogens is 272 g/mol. The van der Waals surface area contributed by atoms with E-state index < -0.39 is 11.5 Å². The van der Waals surface area contributed by atoms with Crippen molar-refractivity contribution in [2.45, 2.75) is 32.8 Å². The van der Waals surface area contributed by atoms with Crippen LogP contribution in [-0.4, -0.2) is 30.6 Å². The van der Waals surface area contributed by atoms with Gasteiger partial charge in [0.15, 0.2) is 6.61 Å². The molecule has 21 heavy (non-hydrogen) atoms. The molecule has 0 unspecified atom stereocenters. The number of ether oxygens (including phenoxy) is 2. The largest absolute Gasteiger partial charge is 0.484 e. The lowest BCUT2D eigenvalue weighted by molar-refractivity contribution is -0.139. The first-order chi connectivity index (χ1) is 9.91. The van der Waals surface area contributed by atoms with Crippen molar-refractivity contribution < 1.29 is 19.1 Å². The van der Waals surface area contributed by atoms with E-state index >= 15 is 0 Å². The van der Waals surface area contributed by atoms with Crippen LogP contribution < -0.4 is 15.8 Å². The van der Waals surface area contributed by atoms with Crippen LogP contribution in [0.3, 0.4) is 0 Å². The molecule has 3 N–H and O–H groups in total. The van der Waals surface area contributed by atoms with Gasteiger partial charge in [0.1, 0.15) is 11.4 Å². The molecule has 0 fully saturated rings. The van der Waals surface area contributed by atoms with Crippen LogP contribution in [0.15, 0.2) is 24.3 Å². The van der Waals surface area contributed by atoms with Gasteiger partial charge >= 0.3 is 0 Å². The zero-order valence-electron chi connectivity index (χ0n) is 12.6. The maximum absolute atomic E-state index is 12.2. The fourth-order valence-electron chi connectivity index (χ4n) is 1.70. The summed E-state index contributed by atoms with van der Waals surface area (Å²) in [7, 11) is 0. The minimum Gasteiger partial charge on any atom is -0.484 e. The van der Waals surface area contributed by atoms with E-state index in [1.54, 1.807) is 31.2 Å². The second-order valence-electron chi connectivity index (χ2n) is 4.75. The molecular formula is C15H22N2O4. The Morgan fingerprint density at radius 2 is 1.86 bits per heavy atom. The molecule has 0 radical (unpaired) electrons. The van der Waals surface area contributed by atoms with Crippen molar-refractivity contribution in [3.63, 3.8) is 0 Å². The Morgan fingerprint density at radius 1 is 1.24 bits per heavy atom. The maximum Gasteiger partial charge on any atom is 0.256 e. The van der Waals surface area contributed by atoms with Crippen LogP contribution in [0.25, 0.3) is 0 Å². The molecule has 0 heterocycles. The molecule has 0 spiro atoms. The summed E-state index contributed by atoms with van der Waals surface area (Å²) >= 11 is 0. The van der Waals surface area contributed by atoms with Crippen LogP contribution in [0.1, 0.15) is 27.2 Å². The average molecular weight is 294 g/mol. The summed E-state index contributed by atoms with van der Waals surface area (Å²) in [5.74, 6) is -0.227. The van der Waals surface area contributed by atoms with E-state index in [-0.39, 0.29) is 12.5 Å². The second kappa shape index (κ2) is 7.64. The van der Waals surface area contributed by atoms with Gasteiger partial charge in [-0.05, 0) is 44.5 Å². The number of nitrogens with two attached hydrogens (primary N) is 1. The number of hydrogen-bond donors (Lipinski definition) is 2. The summed E-state index contributed by atoms with van der Waals surface area (Å²) in [5.41, 5.74) is 4.77. The van der Waals surface area contributed by atoms with Crippen LogP contribution >= 0.6 is 0 Å². The topological polar surface area (TPSA) is 90.7 Å². The van der Waals surface area contributed by atoms with Crippen molar-refractivity contribution in [1.82, 2.24) is 0 Å². The number of anilines is 1. The van der Waals surface area contributed by atoms with Gasteiger partial charge in [0.25, 0.3) is 11.8 Å². The number of primary amides is 1. The molecule has 0 aliphatic rings. The van der Waals surface area contributed by atoms with Gasteiger partial charge in [-0.3, -0.25) is 9.59 Å². The fourth-order valence-corrected chi connectivity index (χ4v) is 1.70. The quantitative estimate of drug-likeness (QED) is 0.763. The Bertz CT molecular complexity index is 487. The summed E-state index contributed by atoms with van der Waals surface area (Å²) in [4.78, 5) is 22.8. The Hall–Kier alpha value is -2.08. The van der Waals surface area contributed by atoms with Crippen LogP contribution in [0, 0.1) is 0 Å². The van der Waals surface area contributed by atoms with Crippen molar-refractivity contribution in [2.24, 2.45) is 5.73 Å². The second-order valence-corrected chi connectivity index (χ2v) is 4.75. The standard InChI is InChI=1S/C15H22N2O4/c1-4-15(3,21-5-2)14(19)17-11-6-8-12(9-7-11)20-10-13(16)18/h6-9H,4-5,10H2,1-3H3,(H2,16,18)(H,17,19)/t15-/m0/s1. The van der Waals surface area contributed by atoms with E-state index in [2.05, 4.69) is 5.32 Å². The molecule has 0 aliphatic heterocycles. The summed E-state index contributed by atoms with van der Waals surface area (Å²) in [5, 5.41) is 2.80. The van der Waals surface area contributed by atoms with Gasteiger partial charge in [0.2, 0.25) is 0 Å². The number of hydrogen-bond acceptors (Lipinski definition) is 4. The Morgan fingerprint density at radius 3 is 2.33 bits per heavy atom. The predicted octanol–water partition coefficient (Wildman–Crippen LogP) is 1.69. The molecule has 0 aromatic heterocycles. The zero-order chi connectivity index (χ0) is 15.9. The lowest BCUT2D eigenvalue weighted by Crippen LogP contribution is -2.42. The lowest BCUT2D eigenvalue weighted by atomic mass is 10.0.